The van der Waals surface area contributed by atoms with Gasteiger partial charge in [-0.1, -0.05) is 61.8 Å². The van der Waals surface area contributed by atoms with Crippen molar-refractivity contribution in [2.45, 2.75) is 33.2 Å². The van der Waals surface area contributed by atoms with Crippen molar-refractivity contribution in [2.75, 3.05) is 6.61 Å². The summed E-state index contributed by atoms with van der Waals surface area (Å²) in [6.07, 6.45) is 6.43. The van der Waals surface area contributed by atoms with Gasteiger partial charge in [0.1, 0.15) is 22.4 Å². The summed E-state index contributed by atoms with van der Waals surface area (Å²) in [5.74, 6) is 0.759. The molecule has 1 aromatic heterocycles. The van der Waals surface area contributed by atoms with E-state index in [1.165, 1.54) is 11.8 Å². The molecule has 1 saturated heterocycles. The minimum absolute atomic E-state index is 0.0490. The van der Waals surface area contributed by atoms with Crippen LogP contribution in [0.1, 0.15) is 31.4 Å². The third kappa shape index (κ3) is 4.86. The van der Waals surface area contributed by atoms with Crippen LogP contribution in [0.15, 0.2) is 72.3 Å². The third-order valence-corrected chi connectivity index (χ3v) is 7.04. The number of rotatable bonds is 8. The van der Waals surface area contributed by atoms with Gasteiger partial charge in [0.2, 0.25) is 0 Å². The number of thioether (sulfide) groups is 1. The van der Waals surface area contributed by atoms with Gasteiger partial charge >= 0.3 is 0 Å². The molecular formula is C27H27N3O2S2. The molecule has 0 N–H and O–H groups in total. The summed E-state index contributed by atoms with van der Waals surface area (Å²) in [6, 6.07) is 16.0. The monoisotopic (exact) mass is 489 g/mol. The lowest BCUT2D eigenvalue weighted by Crippen LogP contribution is -2.36. The highest BCUT2D eigenvalue weighted by Crippen LogP contribution is 2.37. The Morgan fingerprint density at radius 2 is 2.00 bits per heavy atom. The molecule has 1 aliphatic rings. The van der Waals surface area contributed by atoms with Crippen LogP contribution in [0.25, 0.3) is 23.0 Å². The lowest BCUT2D eigenvalue weighted by Gasteiger charge is -2.21. The number of thiocarbonyl (C=S) groups is 1. The van der Waals surface area contributed by atoms with Gasteiger partial charge in [0.25, 0.3) is 5.91 Å². The van der Waals surface area contributed by atoms with E-state index >= 15 is 0 Å². The maximum Gasteiger partial charge on any atom is 0.266 e. The van der Waals surface area contributed by atoms with Crippen molar-refractivity contribution in [3.8, 4) is 22.7 Å². The Hall–Kier alpha value is -3.16. The predicted octanol–water partition coefficient (Wildman–Crippen LogP) is 6.41. The highest BCUT2D eigenvalue weighted by molar-refractivity contribution is 8.26. The number of carbonyl (C=O) groups excluding carboxylic acids is 1. The lowest BCUT2D eigenvalue weighted by molar-refractivity contribution is -0.123. The molecule has 0 aliphatic carbocycles. The van der Waals surface area contributed by atoms with E-state index in [0.29, 0.717) is 15.8 Å². The van der Waals surface area contributed by atoms with Crippen LogP contribution in [-0.4, -0.2) is 37.6 Å². The Morgan fingerprint density at radius 1 is 1.24 bits per heavy atom. The van der Waals surface area contributed by atoms with E-state index in [4.69, 9.17) is 22.1 Å². The van der Waals surface area contributed by atoms with Crippen LogP contribution in [0.3, 0.4) is 0 Å². The quantitative estimate of drug-likeness (QED) is 0.208. The number of para-hydroxylation sites is 1. The largest absolute Gasteiger partial charge is 0.489 e. The van der Waals surface area contributed by atoms with E-state index in [-0.39, 0.29) is 11.9 Å². The summed E-state index contributed by atoms with van der Waals surface area (Å²) in [7, 11) is 0. The van der Waals surface area contributed by atoms with Gasteiger partial charge in [-0.2, -0.15) is 5.10 Å². The molecule has 1 atom stereocenters. The van der Waals surface area contributed by atoms with Crippen molar-refractivity contribution in [3.05, 3.63) is 83.4 Å². The number of hydrogen-bond acceptors (Lipinski definition) is 5. The summed E-state index contributed by atoms with van der Waals surface area (Å²) >= 11 is 6.86. The van der Waals surface area contributed by atoms with Gasteiger partial charge in [0.15, 0.2) is 0 Å². The van der Waals surface area contributed by atoms with Crippen LogP contribution < -0.4 is 4.74 Å². The number of amides is 1. The van der Waals surface area contributed by atoms with Crippen LogP contribution in [-0.2, 0) is 4.79 Å². The van der Waals surface area contributed by atoms with Crippen molar-refractivity contribution in [3.63, 3.8) is 0 Å². The Balaban J connectivity index is 1.78. The Kier molecular flexibility index (Phi) is 7.34. The molecule has 0 spiro atoms. The Morgan fingerprint density at radius 3 is 2.68 bits per heavy atom. The van der Waals surface area contributed by atoms with Crippen LogP contribution in [0.5, 0.6) is 5.75 Å². The molecule has 2 heterocycles. The van der Waals surface area contributed by atoms with Crippen molar-refractivity contribution in [2.24, 2.45) is 0 Å². The number of benzene rings is 2. The minimum atomic E-state index is -0.0490. The fraction of sp³-hybridized carbons (Fsp3) is 0.222. The van der Waals surface area contributed by atoms with E-state index < -0.39 is 0 Å². The van der Waals surface area contributed by atoms with Crippen molar-refractivity contribution in [1.29, 1.82) is 0 Å². The molecule has 34 heavy (non-hydrogen) atoms. The molecule has 3 aromatic rings. The first-order valence-electron chi connectivity index (χ1n) is 11.2. The van der Waals surface area contributed by atoms with Gasteiger partial charge in [-0.05, 0) is 62.2 Å². The number of nitrogens with zero attached hydrogens (tertiary/aromatic N) is 3. The number of hydrogen-bond donors (Lipinski definition) is 0. The molecule has 5 nitrogen and oxygen atoms in total. The van der Waals surface area contributed by atoms with Crippen LogP contribution in [0, 0.1) is 6.92 Å². The van der Waals surface area contributed by atoms with Gasteiger partial charge in [0, 0.05) is 23.4 Å². The molecule has 1 aliphatic heterocycles. The van der Waals surface area contributed by atoms with Crippen molar-refractivity contribution < 1.29 is 9.53 Å². The number of ether oxygens (including phenoxy) is 1. The second-order valence-electron chi connectivity index (χ2n) is 8.10. The normalized spacial score (nSPS) is 15.7. The SMILES string of the molecule is C=CCOc1ccc(-c2nn(-c3ccccc3)cc2/C=C2\SC(=S)N([C@H](C)CC)C2=O)cc1C. The number of aryl methyl sites for hydroxylation is 1. The molecule has 1 fully saturated rings. The molecule has 4 rings (SSSR count). The molecule has 174 valence electrons. The first kappa shape index (κ1) is 24.0. The molecule has 1 amide bonds. The number of carbonyl (C=O) groups is 1. The van der Waals surface area contributed by atoms with Gasteiger partial charge in [-0.15, -0.1) is 0 Å². The maximum atomic E-state index is 13.1. The second kappa shape index (κ2) is 10.4. The molecule has 2 aromatic carbocycles. The van der Waals surface area contributed by atoms with Gasteiger partial charge in [0.05, 0.1) is 10.6 Å². The molecular weight excluding hydrogens is 462 g/mol. The van der Waals surface area contributed by atoms with E-state index in [1.807, 2.05) is 73.3 Å². The zero-order valence-corrected chi connectivity index (χ0v) is 21.2. The summed E-state index contributed by atoms with van der Waals surface area (Å²) < 4.78 is 8.18. The van der Waals surface area contributed by atoms with E-state index in [1.54, 1.807) is 11.0 Å². The Labute approximate surface area is 210 Å². The fourth-order valence-electron chi connectivity index (χ4n) is 3.72. The smallest absolute Gasteiger partial charge is 0.266 e. The molecule has 0 unspecified atom stereocenters. The van der Waals surface area contributed by atoms with Crippen LogP contribution in [0.2, 0.25) is 0 Å². The van der Waals surface area contributed by atoms with Gasteiger partial charge < -0.3 is 4.74 Å². The predicted molar refractivity (Wildman–Crippen MR) is 144 cm³/mol. The topological polar surface area (TPSA) is 47.4 Å². The summed E-state index contributed by atoms with van der Waals surface area (Å²) in [5.41, 5.74) is 4.53. The van der Waals surface area contributed by atoms with Crippen molar-refractivity contribution >= 4 is 40.3 Å². The highest BCUT2D eigenvalue weighted by atomic mass is 32.2. The van der Waals surface area contributed by atoms with Crippen LogP contribution in [0.4, 0.5) is 0 Å². The maximum absolute atomic E-state index is 13.1. The van der Waals surface area contributed by atoms with Gasteiger partial charge in [-0.25, -0.2) is 4.68 Å². The zero-order valence-electron chi connectivity index (χ0n) is 19.5. The molecule has 7 heteroatoms. The average Bonchev–Trinajstić information content (AvgIpc) is 3.39. The first-order valence-corrected chi connectivity index (χ1v) is 12.4. The zero-order chi connectivity index (χ0) is 24.2. The van der Waals surface area contributed by atoms with E-state index in [9.17, 15) is 4.79 Å². The summed E-state index contributed by atoms with van der Waals surface area (Å²) in [5, 5.41) is 4.89. The second-order valence-corrected chi connectivity index (χ2v) is 9.78. The molecule has 0 saturated carbocycles. The van der Waals surface area contributed by atoms with Crippen LogP contribution >= 0.6 is 24.0 Å². The highest BCUT2D eigenvalue weighted by Gasteiger charge is 2.35. The summed E-state index contributed by atoms with van der Waals surface area (Å²) in [4.78, 5) is 15.5. The molecule has 0 radical (unpaired) electrons. The lowest BCUT2D eigenvalue weighted by atomic mass is 10.0. The average molecular weight is 490 g/mol. The van der Waals surface area contributed by atoms with E-state index in [0.717, 1.165) is 40.2 Å². The van der Waals surface area contributed by atoms with E-state index in [2.05, 4.69) is 19.6 Å². The molecule has 0 bridgehead atoms. The third-order valence-electron chi connectivity index (χ3n) is 5.71. The Bertz CT molecular complexity index is 1260. The minimum Gasteiger partial charge on any atom is -0.489 e. The number of aromatic nitrogens is 2. The fourth-order valence-corrected chi connectivity index (χ4v) is 5.17. The first-order chi connectivity index (χ1) is 16.4. The summed E-state index contributed by atoms with van der Waals surface area (Å²) in [6.45, 7) is 10.2. The van der Waals surface area contributed by atoms with Gasteiger partial charge in [-0.3, -0.25) is 9.69 Å². The standard InChI is InChI=1S/C27H27N3O2S2/c1-5-14-32-23-13-12-20(15-18(23)3)25-21(17-29(28-25)22-10-8-7-9-11-22)16-24-26(31)30(19(4)6-2)27(33)34-24/h5,7-13,15-17,19H,1,6,14H2,2-4H3/b24-16-/t19-/m1/s1. The van der Waals surface area contributed by atoms with Crippen molar-refractivity contribution in [1.82, 2.24) is 14.7 Å².